The van der Waals surface area contributed by atoms with Gasteiger partial charge >= 0.3 is 0 Å². The zero-order valence-corrected chi connectivity index (χ0v) is 10.3. The molecule has 1 nitrogen and oxygen atoms in total. The number of hydrogen-bond donors (Lipinski definition) is 1. The van der Waals surface area contributed by atoms with Crippen molar-refractivity contribution >= 4 is 0 Å². The minimum absolute atomic E-state index is 0.115. The maximum Gasteiger partial charge on any atom is 0.194 e. The van der Waals surface area contributed by atoms with Crippen LogP contribution < -0.4 is 0 Å². The Kier molecular flexibility index (Phi) is 3.66. The van der Waals surface area contributed by atoms with Crippen molar-refractivity contribution in [1.82, 2.24) is 0 Å². The van der Waals surface area contributed by atoms with Crippen LogP contribution in [0.25, 0.3) is 0 Å². The zero-order chi connectivity index (χ0) is 13.3. The molecule has 0 aliphatic heterocycles. The molecule has 0 amide bonds. The van der Waals surface area contributed by atoms with Gasteiger partial charge in [0.05, 0.1) is 5.60 Å². The highest BCUT2D eigenvalue weighted by Crippen LogP contribution is 2.41. The normalized spacial score (nSPS) is 28.4. The van der Waals surface area contributed by atoms with Crippen molar-refractivity contribution in [3.63, 3.8) is 0 Å². The fraction of sp³-hybridized carbons (Fsp3) is 0.571. The van der Waals surface area contributed by atoms with E-state index < -0.39 is 23.1 Å². The average molecular weight is 258 g/mol. The van der Waals surface area contributed by atoms with E-state index in [0.717, 1.165) is 31.4 Å². The van der Waals surface area contributed by atoms with Crippen LogP contribution in [-0.4, -0.2) is 5.11 Å². The molecule has 100 valence electrons. The molecule has 4 heteroatoms. The summed E-state index contributed by atoms with van der Waals surface area (Å²) in [5.74, 6) is -3.45. The maximum absolute atomic E-state index is 13.7. The van der Waals surface area contributed by atoms with E-state index in [1.54, 1.807) is 0 Å². The fourth-order valence-electron chi connectivity index (χ4n) is 2.72. The largest absolute Gasteiger partial charge is 0.385 e. The summed E-state index contributed by atoms with van der Waals surface area (Å²) >= 11 is 0. The Balaban J connectivity index is 2.29. The summed E-state index contributed by atoms with van der Waals surface area (Å²) in [5, 5.41) is 10.4. The third-order valence-corrected chi connectivity index (χ3v) is 4.05. The number of halogens is 3. The standard InChI is InChI=1S/C14H17F3O/c1-2-9-5-7-14(18,8-6-9)10-3-4-11(15)13(17)12(10)16/h3-4,9,18H,2,5-8H2,1H3. The first-order valence-electron chi connectivity index (χ1n) is 6.34. The van der Waals surface area contributed by atoms with Gasteiger partial charge in [-0.25, -0.2) is 13.2 Å². The first-order valence-corrected chi connectivity index (χ1v) is 6.34. The van der Waals surface area contributed by atoms with Gasteiger partial charge in [-0.3, -0.25) is 0 Å². The Labute approximate surface area is 105 Å². The SMILES string of the molecule is CCC1CCC(O)(c2ccc(F)c(F)c2F)CC1. The van der Waals surface area contributed by atoms with Crippen LogP contribution in [0.4, 0.5) is 13.2 Å². The van der Waals surface area contributed by atoms with Gasteiger partial charge in [0.25, 0.3) is 0 Å². The molecule has 0 radical (unpaired) electrons. The number of hydrogen-bond acceptors (Lipinski definition) is 1. The predicted molar refractivity (Wildman–Crippen MR) is 62.5 cm³/mol. The molecule has 0 heterocycles. The topological polar surface area (TPSA) is 20.2 Å². The molecule has 0 unspecified atom stereocenters. The van der Waals surface area contributed by atoms with E-state index >= 15 is 0 Å². The molecule has 1 aromatic carbocycles. The molecule has 0 aromatic heterocycles. The molecule has 18 heavy (non-hydrogen) atoms. The van der Waals surface area contributed by atoms with E-state index in [1.807, 2.05) is 0 Å². The lowest BCUT2D eigenvalue weighted by Crippen LogP contribution is -2.32. The Morgan fingerprint density at radius 1 is 1.17 bits per heavy atom. The zero-order valence-electron chi connectivity index (χ0n) is 10.3. The summed E-state index contributed by atoms with van der Waals surface area (Å²) in [6.07, 6.45) is 3.38. The molecule has 1 aliphatic carbocycles. The van der Waals surface area contributed by atoms with Crippen molar-refractivity contribution in [1.29, 1.82) is 0 Å². The van der Waals surface area contributed by atoms with E-state index in [9.17, 15) is 18.3 Å². The van der Waals surface area contributed by atoms with Gasteiger partial charge in [-0.05, 0) is 37.7 Å². The molecule has 1 fully saturated rings. The Hall–Kier alpha value is -1.03. The summed E-state index contributed by atoms with van der Waals surface area (Å²) in [7, 11) is 0. The molecule has 1 aliphatic rings. The molecular weight excluding hydrogens is 241 g/mol. The third-order valence-electron chi connectivity index (χ3n) is 4.05. The van der Waals surface area contributed by atoms with Gasteiger partial charge in [0.15, 0.2) is 17.5 Å². The predicted octanol–water partition coefficient (Wildman–Crippen LogP) is 3.89. The smallest absolute Gasteiger partial charge is 0.194 e. The highest BCUT2D eigenvalue weighted by molar-refractivity contribution is 5.26. The quantitative estimate of drug-likeness (QED) is 0.798. The molecule has 1 N–H and O–H groups in total. The van der Waals surface area contributed by atoms with Crippen LogP contribution in [0.3, 0.4) is 0 Å². The van der Waals surface area contributed by atoms with Crippen molar-refractivity contribution < 1.29 is 18.3 Å². The molecule has 0 atom stereocenters. The fourth-order valence-corrected chi connectivity index (χ4v) is 2.72. The minimum Gasteiger partial charge on any atom is -0.385 e. The molecule has 2 rings (SSSR count). The summed E-state index contributed by atoms with van der Waals surface area (Å²) in [6.45, 7) is 2.08. The second kappa shape index (κ2) is 4.92. The summed E-state index contributed by atoms with van der Waals surface area (Å²) < 4.78 is 39.8. The number of benzene rings is 1. The van der Waals surface area contributed by atoms with Gasteiger partial charge in [0.1, 0.15) is 0 Å². The second-order valence-electron chi connectivity index (χ2n) is 5.11. The van der Waals surface area contributed by atoms with Gasteiger partial charge in [0, 0.05) is 5.56 Å². The first-order chi connectivity index (χ1) is 8.48. The van der Waals surface area contributed by atoms with Crippen LogP contribution >= 0.6 is 0 Å². The molecule has 1 saturated carbocycles. The monoisotopic (exact) mass is 258 g/mol. The van der Waals surface area contributed by atoms with E-state index in [0.29, 0.717) is 18.8 Å². The van der Waals surface area contributed by atoms with E-state index in [2.05, 4.69) is 6.92 Å². The van der Waals surface area contributed by atoms with Gasteiger partial charge in [-0.15, -0.1) is 0 Å². The van der Waals surface area contributed by atoms with Crippen LogP contribution in [0.1, 0.15) is 44.6 Å². The van der Waals surface area contributed by atoms with E-state index in [1.165, 1.54) is 0 Å². The van der Waals surface area contributed by atoms with Crippen molar-refractivity contribution in [3.8, 4) is 0 Å². The highest BCUT2D eigenvalue weighted by Gasteiger charge is 2.37. The average Bonchev–Trinajstić information content (AvgIpc) is 2.37. The van der Waals surface area contributed by atoms with Crippen LogP contribution in [0.2, 0.25) is 0 Å². The van der Waals surface area contributed by atoms with E-state index in [-0.39, 0.29) is 5.56 Å². The number of aliphatic hydroxyl groups is 1. The number of rotatable bonds is 2. The Morgan fingerprint density at radius 3 is 2.33 bits per heavy atom. The van der Waals surface area contributed by atoms with Crippen molar-refractivity contribution in [2.24, 2.45) is 5.92 Å². The highest BCUT2D eigenvalue weighted by atomic mass is 19.2. The lowest BCUT2D eigenvalue weighted by Gasteiger charge is -2.36. The second-order valence-corrected chi connectivity index (χ2v) is 5.11. The van der Waals surface area contributed by atoms with Crippen molar-refractivity contribution in [2.45, 2.75) is 44.6 Å². The lowest BCUT2D eigenvalue weighted by molar-refractivity contribution is -0.0180. The third kappa shape index (κ3) is 2.26. The van der Waals surface area contributed by atoms with Gasteiger partial charge < -0.3 is 5.11 Å². The minimum atomic E-state index is -1.50. The molecule has 0 spiro atoms. The van der Waals surface area contributed by atoms with E-state index in [4.69, 9.17) is 0 Å². The van der Waals surface area contributed by atoms with Crippen LogP contribution in [0, 0.1) is 23.4 Å². The maximum atomic E-state index is 13.7. The van der Waals surface area contributed by atoms with Crippen LogP contribution in [0.5, 0.6) is 0 Å². The van der Waals surface area contributed by atoms with Gasteiger partial charge in [0.2, 0.25) is 0 Å². The molecular formula is C14H17F3O. The first kappa shape index (κ1) is 13.4. The Morgan fingerprint density at radius 2 is 1.78 bits per heavy atom. The van der Waals surface area contributed by atoms with Crippen molar-refractivity contribution in [2.75, 3.05) is 0 Å². The van der Waals surface area contributed by atoms with Gasteiger partial charge in [-0.2, -0.15) is 0 Å². The van der Waals surface area contributed by atoms with Crippen LogP contribution in [0.15, 0.2) is 12.1 Å². The van der Waals surface area contributed by atoms with Gasteiger partial charge in [-0.1, -0.05) is 19.4 Å². The molecule has 0 bridgehead atoms. The molecule has 1 aromatic rings. The molecule has 0 saturated heterocycles. The Bertz CT molecular complexity index is 437. The lowest BCUT2D eigenvalue weighted by atomic mass is 9.74. The van der Waals surface area contributed by atoms with Crippen molar-refractivity contribution in [3.05, 3.63) is 35.1 Å². The summed E-state index contributed by atoms with van der Waals surface area (Å²) in [6, 6.07) is 2.03. The summed E-state index contributed by atoms with van der Waals surface area (Å²) in [5.41, 5.74) is -1.47. The van der Waals surface area contributed by atoms with Crippen LogP contribution in [-0.2, 0) is 5.60 Å². The summed E-state index contributed by atoms with van der Waals surface area (Å²) in [4.78, 5) is 0.